The van der Waals surface area contributed by atoms with Gasteiger partial charge in [-0.05, 0) is 60.0 Å². The van der Waals surface area contributed by atoms with E-state index in [2.05, 4.69) is 17.1 Å². The number of rotatable bonds is 10. The van der Waals surface area contributed by atoms with Crippen molar-refractivity contribution in [1.82, 2.24) is 15.1 Å². The van der Waals surface area contributed by atoms with E-state index in [1.807, 2.05) is 72.8 Å². The van der Waals surface area contributed by atoms with Gasteiger partial charge in [-0.25, -0.2) is 0 Å². The van der Waals surface area contributed by atoms with Crippen LogP contribution in [0.5, 0.6) is 0 Å². The maximum atomic E-state index is 13.1. The molecule has 3 N–H and O–H groups in total. The second kappa shape index (κ2) is 15.6. The van der Waals surface area contributed by atoms with Gasteiger partial charge >= 0.3 is 12.1 Å². The molecule has 6 rings (SSSR count). The molecule has 3 aliphatic rings. The number of benzene rings is 3. The number of alkyl halides is 3. The lowest BCUT2D eigenvalue weighted by atomic mass is 9.89. The predicted octanol–water partition coefficient (Wildman–Crippen LogP) is 5.26. The summed E-state index contributed by atoms with van der Waals surface area (Å²) in [6, 6.07) is 22.0. The normalized spacial score (nSPS) is 25.9. The molecule has 0 radical (unpaired) electrons. The van der Waals surface area contributed by atoms with E-state index in [4.69, 9.17) is 9.47 Å². The first-order valence-electron chi connectivity index (χ1n) is 17.3. The van der Waals surface area contributed by atoms with Crippen LogP contribution in [0.25, 0.3) is 11.1 Å². The first-order valence-corrected chi connectivity index (χ1v) is 17.3. The lowest BCUT2D eigenvalue weighted by Crippen LogP contribution is -2.50. The predicted molar refractivity (Wildman–Crippen MR) is 179 cm³/mol. The number of nitrogens with one attached hydrogen (secondary N) is 1. The quantitative estimate of drug-likeness (QED) is 0.265. The van der Waals surface area contributed by atoms with Gasteiger partial charge in [0.05, 0.1) is 25.4 Å². The minimum atomic E-state index is -5.03. The summed E-state index contributed by atoms with van der Waals surface area (Å²) in [7, 11) is 0. The van der Waals surface area contributed by atoms with Crippen LogP contribution in [-0.4, -0.2) is 82.4 Å². The second-order valence-electron chi connectivity index (χ2n) is 13.4. The zero-order valence-electron chi connectivity index (χ0n) is 28.0. The van der Waals surface area contributed by atoms with Crippen molar-refractivity contribution in [3.05, 3.63) is 95.1 Å². The van der Waals surface area contributed by atoms with E-state index >= 15 is 0 Å². The van der Waals surface area contributed by atoms with Gasteiger partial charge in [0.15, 0.2) is 6.29 Å². The van der Waals surface area contributed by atoms with E-state index in [1.165, 1.54) is 0 Å². The van der Waals surface area contributed by atoms with Crippen molar-refractivity contribution in [2.75, 3.05) is 26.2 Å². The molecule has 0 aromatic heterocycles. The summed E-state index contributed by atoms with van der Waals surface area (Å²) in [5, 5.41) is 22.3. The van der Waals surface area contributed by atoms with Crippen molar-refractivity contribution < 1.29 is 42.4 Å². The molecule has 0 saturated carbocycles. The van der Waals surface area contributed by atoms with Crippen molar-refractivity contribution in [1.29, 1.82) is 0 Å². The monoisotopic (exact) mass is 695 g/mol. The first kappa shape index (κ1) is 36.0. The standard InChI is InChI=1S/C38H44F3N3O6/c1-24-33(21-43-18-4-7-30(43)23-46)49-36(50-34(24)27-12-10-25(22-45)11-13-27)28-16-14-26(15-17-28)31-8-3-2-6-29(31)20-42-35(47)32-9-5-19-44(32)37(48)38(39,40)41/h2-3,6,8,10-17,24,30,32-34,36,45-46H,4-5,7,9,18-23H2,1H3,(H,42,47)/t24-,30+,32+,33+,34+,36+/m1/s1. The summed E-state index contributed by atoms with van der Waals surface area (Å²) in [5.41, 5.74) is 5.12. The van der Waals surface area contributed by atoms with Crippen LogP contribution in [0.3, 0.4) is 0 Å². The van der Waals surface area contributed by atoms with E-state index < -0.39 is 30.3 Å². The topological polar surface area (TPSA) is 112 Å². The van der Waals surface area contributed by atoms with Crippen LogP contribution >= 0.6 is 0 Å². The van der Waals surface area contributed by atoms with Gasteiger partial charge in [0.25, 0.3) is 0 Å². The van der Waals surface area contributed by atoms with Crippen LogP contribution in [0, 0.1) is 5.92 Å². The Hall–Kier alpha value is -3.81. The Balaban J connectivity index is 1.18. The third kappa shape index (κ3) is 7.89. The Morgan fingerprint density at radius 2 is 1.60 bits per heavy atom. The van der Waals surface area contributed by atoms with Crippen LogP contribution in [0.1, 0.15) is 67.3 Å². The highest BCUT2D eigenvalue weighted by Crippen LogP contribution is 2.42. The van der Waals surface area contributed by atoms with Gasteiger partial charge in [-0.3, -0.25) is 14.5 Å². The Kier molecular flexibility index (Phi) is 11.2. The molecule has 268 valence electrons. The highest BCUT2D eigenvalue weighted by molar-refractivity contribution is 5.90. The molecule has 0 aliphatic carbocycles. The number of aliphatic hydroxyl groups excluding tert-OH is 2. The van der Waals surface area contributed by atoms with Gasteiger partial charge in [0.2, 0.25) is 5.91 Å². The number of ether oxygens (including phenoxy) is 2. The van der Waals surface area contributed by atoms with Gasteiger partial charge in [0.1, 0.15) is 6.04 Å². The SMILES string of the molecule is C[C@@H]1[C@H](CN2CCC[C@H]2CO)O[C@H](c2ccc(-c3ccccc3CNC(=O)[C@@H]3CCCN3C(=O)C(F)(F)F)cc2)O[C@@H]1c1ccc(CO)cc1. The number of likely N-dealkylation sites (tertiary alicyclic amines) is 2. The number of nitrogens with zero attached hydrogens (tertiary/aromatic N) is 2. The minimum absolute atomic E-state index is 0.00965. The molecule has 0 bridgehead atoms. The van der Waals surface area contributed by atoms with Crippen LogP contribution in [0.15, 0.2) is 72.8 Å². The molecule has 2 amide bonds. The highest BCUT2D eigenvalue weighted by Gasteiger charge is 2.47. The van der Waals surface area contributed by atoms with Crippen LogP contribution in [0.4, 0.5) is 13.2 Å². The molecule has 3 aromatic rings. The molecule has 0 unspecified atom stereocenters. The molecule has 12 heteroatoms. The molecule has 3 aromatic carbocycles. The third-order valence-corrected chi connectivity index (χ3v) is 10.3. The first-order chi connectivity index (χ1) is 24.1. The number of aliphatic hydroxyl groups is 2. The third-order valence-electron chi connectivity index (χ3n) is 10.3. The van der Waals surface area contributed by atoms with Crippen LogP contribution < -0.4 is 5.32 Å². The Morgan fingerprint density at radius 3 is 2.30 bits per heavy atom. The summed E-state index contributed by atoms with van der Waals surface area (Å²) in [6.45, 7) is 3.72. The average Bonchev–Trinajstić information content (AvgIpc) is 3.81. The minimum Gasteiger partial charge on any atom is -0.395 e. The molecule has 3 fully saturated rings. The van der Waals surface area contributed by atoms with Gasteiger partial charge in [-0.1, -0.05) is 79.7 Å². The summed E-state index contributed by atoms with van der Waals surface area (Å²) in [4.78, 5) is 27.7. The molecule has 3 heterocycles. The number of halogens is 3. The van der Waals surface area contributed by atoms with Gasteiger partial charge < -0.3 is 29.9 Å². The molecular formula is C38H44F3N3O6. The summed E-state index contributed by atoms with van der Waals surface area (Å²) in [5.74, 6) is -2.59. The van der Waals surface area contributed by atoms with Gasteiger partial charge in [-0.15, -0.1) is 0 Å². The molecule has 3 aliphatic heterocycles. The fourth-order valence-corrected chi connectivity index (χ4v) is 7.42. The largest absolute Gasteiger partial charge is 0.471 e. The molecule has 6 atom stereocenters. The van der Waals surface area contributed by atoms with E-state index in [1.54, 1.807) is 0 Å². The van der Waals surface area contributed by atoms with E-state index in [0.29, 0.717) is 17.9 Å². The molecular weight excluding hydrogens is 651 g/mol. The number of carbonyl (C=O) groups excluding carboxylic acids is 2. The molecule has 0 spiro atoms. The number of hydrogen-bond acceptors (Lipinski definition) is 7. The molecule has 9 nitrogen and oxygen atoms in total. The second-order valence-corrected chi connectivity index (χ2v) is 13.4. The van der Waals surface area contributed by atoms with Crippen molar-refractivity contribution in [3.8, 4) is 11.1 Å². The van der Waals surface area contributed by atoms with Crippen molar-refractivity contribution in [2.45, 2.75) is 82.5 Å². The molecule has 50 heavy (non-hydrogen) atoms. The summed E-state index contributed by atoms with van der Waals surface area (Å²) < 4.78 is 52.5. The molecule has 3 saturated heterocycles. The van der Waals surface area contributed by atoms with E-state index in [9.17, 15) is 33.0 Å². The summed E-state index contributed by atoms with van der Waals surface area (Å²) >= 11 is 0. The summed E-state index contributed by atoms with van der Waals surface area (Å²) in [6.07, 6.45) is -3.65. The number of amides is 2. The zero-order valence-corrected chi connectivity index (χ0v) is 28.0. The number of carbonyl (C=O) groups is 2. The Labute approximate surface area is 290 Å². The van der Waals surface area contributed by atoms with Crippen molar-refractivity contribution >= 4 is 11.8 Å². The lowest BCUT2D eigenvalue weighted by molar-refractivity contribution is -0.276. The zero-order chi connectivity index (χ0) is 35.4. The maximum absolute atomic E-state index is 13.1. The van der Waals surface area contributed by atoms with Crippen molar-refractivity contribution in [3.63, 3.8) is 0 Å². The Bertz CT molecular complexity index is 1620. The van der Waals surface area contributed by atoms with Gasteiger partial charge in [0, 0.05) is 37.2 Å². The highest BCUT2D eigenvalue weighted by atomic mass is 19.4. The van der Waals surface area contributed by atoms with Crippen LogP contribution in [-0.2, 0) is 32.2 Å². The van der Waals surface area contributed by atoms with E-state index in [-0.39, 0.29) is 56.9 Å². The average molecular weight is 696 g/mol. The Morgan fingerprint density at radius 1 is 0.900 bits per heavy atom. The fraction of sp³-hybridized carbons (Fsp3) is 0.474. The van der Waals surface area contributed by atoms with E-state index in [0.717, 1.165) is 52.8 Å². The van der Waals surface area contributed by atoms with Crippen molar-refractivity contribution in [2.24, 2.45) is 5.92 Å². The fourth-order valence-electron chi connectivity index (χ4n) is 7.42. The van der Waals surface area contributed by atoms with Crippen LogP contribution in [0.2, 0.25) is 0 Å². The van der Waals surface area contributed by atoms with Gasteiger partial charge in [-0.2, -0.15) is 13.2 Å². The number of hydrogen-bond donors (Lipinski definition) is 3. The maximum Gasteiger partial charge on any atom is 0.471 e. The lowest BCUT2D eigenvalue weighted by Gasteiger charge is -2.43. The smallest absolute Gasteiger partial charge is 0.395 e.